The fourth-order valence-electron chi connectivity index (χ4n) is 3.01. The largest absolute Gasteiger partial charge is 0.340 e. The van der Waals surface area contributed by atoms with Crippen LogP contribution in [0, 0.1) is 0 Å². The number of hydrogen-bond acceptors (Lipinski definition) is 3. The third-order valence-corrected chi connectivity index (χ3v) is 4.52. The maximum Gasteiger partial charge on any atom is 0.223 e. The Hall–Kier alpha value is -1.10. The number of amides is 1. The molecule has 1 amide bonds. The number of piperidine rings is 1. The van der Waals surface area contributed by atoms with Gasteiger partial charge in [0.15, 0.2) is 5.78 Å². The summed E-state index contributed by atoms with van der Waals surface area (Å²) in [7, 11) is 0. The molecule has 0 unspecified atom stereocenters. The molecule has 24 heavy (non-hydrogen) atoms. The zero-order valence-electron chi connectivity index (χ0n) is 14.1. The van der Waals surface area contributed by atoms with Crippen molar-refractivity contribution in [3.63, 3.8) is 0 Å². The normalized spacial score (nSPS) is 14.8. The maximum absolute atomic E-state index is 12.6. The van der Waals surface area contributed by atoms with Crippen LogP contribution in [0.2, 0.25) is 5.02 Å². The highest BCUT2D eigenvalue weighted by atomic mass is 35.5. The molecule has 1 saturated heterocycles. The summed E-state index contributed by atoms with van der Waals surface area (Å²) in [5, 5.41) is 3.93. The summed E-state index contributed by atoms with van der Waals surface area (Å²) in [5.41, 5.74) is 0.617. The summed E-state index contributed by atoms with van der Waals surface area (Å²) < 4.78 is 0. The van der Waals surface area contributed by atoms with E-state index in [9.17, 15) is 9.59 Å². The van der Waals surface area contributed by atoms with E-state index >= 15 is 0 Å². The fraction of sp³-hybridized carbons (Fsp3) is 0.556. The third-order valence-electron chi connectivity index (χ3n) is 4.27. The lowest BCUT2D eigenvalue weighted by molar-refractivity contribution is -0.134. The van der Waals surface area contributed by atoms with Gasteiger partial charge in [0.1, 0.15) is 0 Å². The average molecular weight is 373 g/mol. The van der Waals surface area contributed by atoms with E-state index in [4.69, 9.17) is 11.6 Å². The summed E-state index contributed by atoms with van der Waals surface area (Å²) in [6.07, 6.45) is 3.48. The quantitative estimate of drug-likeness (QED) is 0.742. The molecule has 0 aromatic heterocycles. The molecular weight excluding hydrogens is 347 g/mol. The highest BCUT2D eigenvalue weighted by Crippen LogP contribution is 2.16. The SMILES string of the molecule is CCCN(C(=O)CCC(=O)c1ccc(Cl)cc1)C1CCNCC1.Cl. The minimum atomic E-state index is -0.00299. The van der Waals surface area contributed by atoms with E-state index in [1.165, 1.54) is 0 Å². The van der Waals surface area contributed by atoms with Crippen LogP contribution in [0.1, 0.15) is 49.4 Å². The van der Waals surface area contributed by atoms with E-state index in [0.29, 0.717) is 16.6 Å². The van der Waals surface area contributed by atoms with Crippen LogP contribution in [0.4, 0.5) is 0 Å². The summed E-state index contributed by atoms with van der Waals surface area (Å²) in [5.74, 6) is 0.0952. The molecule has 1 fully saturated rings. The number of benzene rings is 1. The molecule has 0 radical (unpaired) electrons. The van der Waals surface area contributed by atoms with Gasteiger partial charge in [0.05, 0.1) is 0 Å². The van der Waals surface area contributed by atoms with Gasteiger partial charge >= 0.3 is 0 Å². The predicted octanol–water partition coefficient (Wildman–Crippen LogP) is 3.72. The van der Waals surface area contributed by atoms with Gasteiger partial charge < -0.3 is 10.2 Å². The monoisotopic (exact) mass is 372 g/mol. The number of rotatable bonds is 7. The van der Waals surface area contributed by atoms with E-state index in [-0.39, 0.29) is 36.9 Å². The number of ketones is 1. The lowest BCUT2D eigenvalue weighted by atomic mass is 10.0. The van der Waals surface area contributed by atoms with E-state index in [1.807, 2.05) is 4.90 Å². The van der Waals surface area contributed by atoms with Crippen LogP contribution in [-0.4, -0.2) is 42.3 Å². The molecule has 1 N–H and O–H groups in total. The molecule has 1 aromatic carbocycles. The first-order valence-corrected chi connectivity index (χ1v) is 8.78. The second-order valence-corrected chi connectivity index (χ2v) is 6.43. The Morgan fingerprint density at radius 3 is 2.38 bits per heavy atom. The molecule has 1 heterocycles. The molecule has 1 aromatic rings. The Labute approximate surface area is 155 Å². The van der Waals surface area contributed by atoms with Crippen molar-refractivity contribution in [1.29, 1.82) is 0 Å². The van der Waals surface area contributed by atoms with Crippen molar-refractivity contribution in [3.8, 4) is 0 Å². The van der Waals surface area contributed by atoms with Crippen LogP contribution in [-0.2, 0) is 4.79 Å². The zero-order valence-corrected chi connectivity index (χ0v) is 15.7. The highest BCUT2D eigenvalue weighted by molar-refractivity contribution is 6.30. The Balaban J connectivity index is 0.00000288. The maximum atomic E-state index is 12.6. The molecule has 0 bridgehead atoms. The number of halogens is 2. The molecule has 0 saturated carbocycles. The van der Waals surface area contributed by atoms with Crippen molar-refractivity contribution >= 4 is 35.7 Å². The van der Waals surface area contributed by atoms with Crippen molar-refractivity contribution in [1.82, 2.24) is 10.2 Å². The molecule has 0 aliphatic carbocycles. The molecule has 134 valence electrons. The molecule has 0 spiro atoms. The van der Waals surface area contributed by atoms with Crippen molar-refractivity contribution in [2.75, 3.05) is 19.6 Å². The number of nitrogens with zero attached hydrogens (tertiary/aromatic N) is 1. The van der Waals surface area contributed by atoms with Crippen molar-refractivity contribution in [3.05, 3.63) is 34.9 Å². The van der Waals surface area contributed by atoms with Gasteiger partial charge in [-0.2, -0.15) is 0 Å². The van der Waals surface area contributed by atoms with Crippen LogP contribution >= 0.6 is 24.0 Å². The number of carbonyl (C=O) groups excluding carboxylic acids is 2. The second-order valence-electron chi connectivity index (χ2n) is 6.00. The molecule has 0 atom stereocenters. The smallest absolute Gasteiger partial charge is 0.223 e. The topological polar surface area (TPSA) is 49.4 Å². The molecule has 1 aliphatic heterocycles. The van der Waals surface area contributed by atoms with Crippen LogP contribution in [0.15, 0.2) is 24.3 Å². The first kappa shape index (κ1) is 20.9. The standard InChI is InChI=1S/C18H25ClN2O2.ClH/c1-2-13-21(16-9-11-20-12-10-16)18(23)8-7-17(22)14-3-5-15(19)6-4-14;/h3-6,16,20H,2,7-13H2,1H3;1H. The van der Waals surface area contributed by atoms with Crippen LogP contribution in [0.25, 0.3) is 0 Å². The number of hydrogen-bond donors (Lipinski definition) is 1. The van der Waals surface area contributed by atoms with E-state index in [1.54, 1.807) is 24.3 Å². The minimum absolute atomic E-state index is 0. The van der Waals surface area contributed by atoms with Gasteiger partial charge in [0.2, 0.25) is 5.91 Å². The first-order chi connectivity index (χ1) is 11.1. The zero-order chi connectivity index (χ0) is 16.7. The van der Waals surface area contributed by atoms with Gasteiger partial charge in [0.25, 0.3) is 0 Å². The number of nitrogens with one attached hydrogen (secondary N) is 1. The Morgan fingerprint density at radius 1 is 1.17 bits per heavy atom. The highest BCUT2D eigenvalue weighted by Gasteiger charge is 2.24. The van der Waals surface area contributed by atoms with Crippen LogP contribution in [0.3, 0.4) is 0 Å². The Kier molecular flexibility index (Phi) is 9.34. The lowest BCUT2D eigenvalue weighted by Crippen LogP contribution is -2.46. The molecule has 2 rings (SSSR count). The van der Waals surface area contributed by atoms with E-state index in [0.717, 1.165) is 38.9 Å². The van der Waals surface area contributed by atoms with Gasteiger partial charge in [-0.15, -0.1) is 12.4 Å². The number of Topliss-reactive ketones (excluding diaryl/α,β-unsaturated/α-hetero) is 1. The van der Waals surface area contributed by atoms with Crippen molar-refractivity contribution in [2.24, 2.45) is 0 Å². The molecular formula is C18H26Cl2N2O2. The minimum Gasteiger partial charge on any atom is -0.340 e. The van der Waals surface area contributed by atoms with E-state index in [2.05, 4.69) is 12.2 Å². The van der Waals surface area contributed by atoms with Gasteiger partial charge in [-0.1, -0.05) is 18.5 Å². The van der Waals surface area contributed by atoms with Gasteiger partial charge in [-0.25, -0.2) is 0 Å². The number of carbonyl (C=O) groups is 2. The van der Waals surface area contributed by atoms with Crippen molar-refractivity contribution < 1.29 is 9.59 Å². The Bertz CT molecular complexity index is 528. The van der Waals surface area contributed by atoms with E-state index < -0.39 is 0 Å². The van der Waals surface area contributed by atoms with Gasteiger partial charge in [0, 0.05) is 36.0 Å². The summed E-state index contributed by atoms with van der Waals surface area (Å²) in [6.45, 7) is 4.78. The molecule has 6 heteroatoms. The predicted molar refractivity (Wildman–Crippen MR) is 100 cm³/mol. The summed E-state index contributed by atoms with van der Waals surface area (Å²) in [4.78, 5) is 26.7. The van der Waals surface area contributed by atoms with Crippen molar-refractivity contribution in [2.45, 2.75) is 45.1 Å². The molecule has 4 nitrogen and oxygen atoms in total. The average Bonchev–Trinajstić information content (AvgIpc) is 2.58. The van der Waals surface area contributed by atoms with Crippen LogP contribution in [0.5, 0.6) is 0 Å². The summed E-state index contributed by atoms with van der Waals surface area (Å²) >= 11 is 5.83. The second kappa shape index (κ2) is 10.7. The third kappa shape index (κ3) is 6.08. The summed E-state index contributed by atoms with van der Waals surface area (Å²) in [6, 6.07) is 7.15. The van der Waals surface area contributed by atoms with Gasteiger partial charge in [-0.3, -0.25) is 9.59 Å². The van der Waals surface area contributed by atoms with Crippen LogP contribution < -0.4 is 5.32 Å². The molecule has 1 aliphatic rings. The van der Waals surface area contributed by atoms with Gasteiger partial charge in [-0.05, 0) is 56.6 Å². The Morgan fingerprint density at radius 2 is 1.79 bits per heavy atom. The lowest BCUT2D eigenvalue weighted by Gasteiger charge is -2.34. The first-order valence-electron chi connectivity index (χ1n) is 8.40. The fourth-order valence-corrected chi connectivity index (χ4v) is 3.14.